The first-order valence-electron chi connectivity index (χ1n) is 9.44. The molecule has 160 valence electrons. The van der Waals surface area contributed by atoms with Gasteiger partial charge in [0.25, 0.3) is 11.5 Å². The number of rotatable bonds is 8. The van der Waals surface area contributed by atoms with Crippen molar-refractivity contribution in [3.05, 3.63) is 87.8 Å². The minimum absolute atomic E-state index is 0.00855. The fourth-order valence-electron chi connectivity index (χ4n) is 3.00. The van der Waals surface area contributed by atoms with Gasteiger partial charge in [-0.25, -0.2) is 5.43 Å². The van der Waals surface area contributed by atoms with Gasteiger partial charge in [0.15, 0.2) is 11.5 Å². The molecule has 0 aliphatic rings. The predicted molar refractivity (Wildman–Crippen MR) is 117 cm³/mol. The Labute approximate surface area is 179 Å². The molecule has 0 spiro atoms. The molecule has 0 fully saturated rings. The van der Waals surface area contributed by atoms with Crippen LogP contribution in [0.25, 0.3) is 0 Å². The third-order valence-corrected chi connectivity index (χ3v) is 4.58. The fraction of sp³-hybridized carbons (Fsp3) is 0.174. The molecule has 1 heterocycles. The normalized spacial score (nSPS) is 10.7. The molecule has 1 aromatic heterocycles. The minimum atomic E-state index is -0.604. The Kier molecular flexibility index (Phi) is 7.05. The lowest BCUT2D eigenvalue weighted by Crippen LogP contribution is -2.30. The third-order valence-electron chi connectivity index (χ3n) is 4.58. The second-order valence-corrected chi connectivity index (χ2v) is 6.48. The number of benzene rings is 2. The SMILES string of the molecule is COc1ccc(Cn2cccc(C(=O)N/N=C\c3cccc(OC)c3OC)c2=O)cc1. The molecule has 0 radical (unpaired) electrons. The van der Waals surface area contributed by atoms with Crippen molar-refractivity contribution < 1.29 is 19.0 Å². The molecular weight excluding hydrogens is 398 g/mol. The van der Waals surface area contributed by atoms with Gasteiger partial charge in [0.2, 0.25) is 0 Å². The highest BCUT2D eigenvalue weighted by atomic mass is 16.5. The van der Waals surface area contributed by atoms with Crippen molar-refractivity contribution in [1.29, 1.82) is 0 Å². The number of carbonyl (C=O) groups is 1. The average molecular weight is 421 g/mol. The Morgan fingerprint density at radius 3 is 2.45 bits per heavy atom. The van der Waals surface area contributed by atoms with Crippen LogP contribution in [0.2, 0.25) is 0 Å². The highest BCUT2D eigenvalue weighted by Gasteiger charge is 2.12. The molecule has 2 aromatic carbocycles. The van der Waals surface area contributed by atoms with Gasteiger partial charge >= 0.3 is 0 Å². The standard InChI is InChI=1S/C23H23N3O5/c1-29-18-11-9-16(10-12-18)15-26-13-5-7-19(23(26)28)22(27)25-24-14-17-6-4-8-20(30-2)21(17)31-3/h4-14H,15H2,1-3H3,(H,25,27)/b24-14-. The van der Waals surface area contributed by atoms with Crippen molar-refractivity contribution in [2.24, 2.45) is 5.10 Å². The zero-order valence-electron chi connectivity index (χ0n) is 17.5. The van der Waals surface area contributed by atoms with E-state index in [0.717, 1.165) is 11.3 Å². The summed E-state index contributed by atoms with van der Waals surface area (Å²) >= 11 is 0. The molecule has 0 aliphatic carbocycles. The summed E-state index contributed by atoms with van der Waals surface area (Å²) in [5, 5.41) is 3.95. The quantitative estimate of drug-likeness (QED) is 0.446. The van der Waals surface area contributed by atoms with Crippen LogP contribution in [0.15, 0.2) is 70.7 Å². The number of methoxy groups -OCH3 is 3. The lowest BCUT2D eigenvalue weighted by atomic mass is 10.2. The second-order valence-electron chi connectivity index (χ2n) is 6.48. The Morgan fingerprint density at radius 1 is 1.00 bits per heavy atom. The summed E-state index contributed by atoms with van der Waals surface area (Å²) in [5.74, 6) is 1.16. The summed E-state index contributed by atoms with van der Waals surface area (Å²) in [4.78, 5) is 25.3. The average Bonchev–Trinajstić information content (AvgIpc) is 2.80. The van der Waals surface area contributed by atoms with E-state index in [1.165, 1.54) is 31.1 Å². The Morgan fingerprint density at radius 2 is 1.77 bits per heavy atom. The molecular formula is C23H23N3O5. The van der Waals surface area contributed by atoms with Crippen LogP contribution in [0.1, 0.15) is 21.5 Å². The lowest BCUT2D eigenvalue weighted by molar-refractivity contribution is 0.0953. The summed E-state index contributed by atoms with van der Waals surface area (Å²) in [5.41, 5.74) is 3.49. The fourth-order valence-corrected chi connectivity index (χ4v) is 3.00. The topological polar surface area (TPSA) is 91.2 Å². The molecule has 0 atom stereocenters. The van der Waals surface area contributed by atoms with Crippen LogP contribution in [0.4, 0.5) is 0 Å². The number of nitrogens with one attached hydrogen (secondary N) is 1. The van der Waals surface area contributed by atoms with Crippen LogP contribution < -0.4 is 25.2 Å². The van der Waals surface area contributed by atoms with E-state index in [-0.39, 0.29) is 5.56 Å². The van der Waals surface area contributed by atoms with E-state index in [0.29, 0.717) is 23.6 Å². The number of aromatic nitrogens is 1. The van der Waals surface area contributed by atoms with E-state index in [2.05, 4.69) is 10.5 Å². The van der Waals surface area contributed by atoms with Crippen LogP contribution in [-0.4, -0.2) is 38.0 Å². The number of para-hydroxylation sites is 1. The van der Waals surface area contributed by atoms with E-state index in [1.54, 1.807) is 37.6 Å². The summed E-state index contributed by atoms with van der Waals surface area (Å²) in [7, 11) is 4.64. The monoisotopic (exact) mass is 421 g/mol. The largest absolute Gasteiger partial charge is 0.497 e. The van der Waals surface area contributed by atoms with Crippen molar-refractivity contribution in [3.8, 4) is 17.2 Å². The highest BCUT2D eigenvalue weighted by molar-refractivity contribution is 5.94. The highest BCUT2D eigenvalue weighted by Crippen LogP contribution is 2.29. The first kappa shape index (κ1) is 21.6. The molecule has 0 saturated carbocycles. The van der Waals surface area contributed by atoms with Crippen LogP contribution in [0.5, 0.6) is 17.2 Å². The van der Waals surface area contributed by atoms with Gasteiger partial charge in [-0.3, -0.25) is 9.59 Å². The van der Waals surface area contributed by atoms with Gasteiger partial charge in [-0.2, -0.15) is 5.10 Å². The van der Waals surface area contributed by atoms with Gasteiger partial charge in [-0.15, -0.1) is 0 Å². The van der Waals surface area contributed by atoms with Crippen LogP contribution in [0.3, 0.4) is 0 Å². The van der Waals surface area contributed by atoms with Crippen molar-refractivity contribution in [2.75, 3.05) is 21.3 Å². The van der Waals surface area contributed by atoms with Gasteiger partial charge in [-0.1, -0.05) is 18.2 Å². The number of ether oxygens (including phenoxy) is 3. The van der Waals surface area contributed by atoms with Crippen molar-refractivity contribution in [1.82, 2.24) is 9.99 Å². The maximum absolute atomic E-state index is 12.7. The van der Waals surface area contributed by atoms with Crippen molar-refractivity contribution >= 4 is 12.1 Å². The lowest BCUT2D eigenvalue weighted by Gasteiger charge is -2.10. The van der Waals surface area contributed by atoms with Crippen LogP contribution in [-0.2, 0) is 6.54 Å². The second kappa shape index (κ2) is 10.1. The van der Waals surface area contributed by atoms with Gasteiger partial charge in [0, 0.05) is 11.8 Å². The number of amides is 1. The van der Waals surface area contributed by atoms with E-state index in [1.807, 2.05) is 24.3 Å². The molecule has 0 aliphatic heterocycles. The Balaban J connectivity index is 1.74. The van der Waals surface area contributed by atoms with Crippen molar-refractivity contribution in [3.63, 3.8) is 0 Å². The van der Waals surface area contributed by atoms with E-state index in [4.69, 9.17) is 14.2 Å². The molecule has 0 saturated heterocycles. The summed E-state index contributed by atoms with van der Waals surface area (Å²) in [6.07, 6.45) is 3.06. The van der Waals surface area contributed by atoms with Gasteiger partial charge in [-0.05, 0) is 42.0 Å². The molecule has 31 heavy (non-hydrogen) atoms. The number of hydrazone groups is 1. The first-order chi connectivity index (χ1) is 15.1. The van der Waals surface area contributed by atoms with E-state index in [9.17, 15) is 9.59 Å². The van der Waals surface area contributed by atoms with E-state index >= 15 is 0 Å². The summed E-state index contributed by atoms with van der Waals surface area (Å²) in [6, 6.07) is 15.8. The van der Waals surface area contributed by atoms with Gasteiger partial charge in [0.1, 0.15) is 11.3 Å². The van der Waals surface area contributed by atoms with Crippen LogP contribution >= 0.6 is 0 Å². The molecule has 0 unspecified atom stereocenters. The zero-order valence-corrected chi connectivity index (χ0v) is 17.5. The maximum atomic E-state index is 12.7. The smallest absolute Gasteiger partial charge is 0.276 e. The van der Waals surface area contributed by atoms with Crippen molar-refractivity contribution in [2.45, 2.75) is 6.54 Å². The maximum Gasteiger partial charge on any atom is 0.276 e. The van der Waals surface area contributed by atoms with Gasteiger partial charge in [0.05, 0.1) is 34.1 Å². The predicted octanol–water partition coefficient (Wildman–Crippen LogP) is 2.69. The first-order valence-corrected chi connectivity index (χ1v) is 9.44. The minimum Gasteiger partial charge on any atom is -0.497 e. The number of carbonyl (C=O) groups excluding carboxylic acids is 1. The third kappa shape index (κ3) is 5.11. The molecule has 1 amide bonds. The number of nitrogens with zero attached hydrogens (tertiary/aromatic N) is 2. The molecule has 8 nitrogen and oxygen atoms in total. The number of hydrogen-bond acceptors (Lipinski definition) is 6. The molecule has 3 aromatic rings. The summed E-state index contributed by atoms with van der Waals surface area (Å²) < 4.78 is 17.2. The molecule has 1 N–H and O–H groups in total. The van der Waals surface area contributed by atoms with E-state index < -0.39 is 11.5 Å². The zero-order chi connectivity index (χ0) is 22.2. The molecule has 8 heteroatoms. The Bertz CT molecular complexity index is 1140. The van der Waals surface area contributed by atoms with Crippen LogP contribution in [0, 0.1) is 0 Å². The van der Waals surface area contributed by atoms with Gasteiger partial charge < -0.3 is 18.8 Å². The molecule has 3 rings (SSSR count). The number of pyridine rings is 1. The summed E-state index contributed by atoms with van der Waals surface area (Å²) in [6.45, 7) is 0.328. The number of hydrogen-bond donors (Lipinski definition) is 1. The Hall–Kier alpha value is -4.07. The molecule has 0 bridgehead atoms.